The molecule has 6 heteroatoms. The quantitative estimate of drug-likeness (QED) is 0.794. The van der Waals surface area contributed by atoms with Gasteiger partial charge in [0.05, 0.1) is 25.9 Å². The van der Waals surface area contributed by atoms with Crippen LogP contribution in [0.3, 0.4) is 0 Å². The van der Waals surface area contributed by atoms with Crippen LogP contribution in [0.2, 0.25) is 0 Å². The highest BCUT2D eigenvalue weighted by molar-refractivity contribution is 7.10. The lowest BCUT2D eigenvalue weighted by molar-refractivity contribution is 0.0976. The van der Waals surface area contributed by atoms with Crippen LogP contribution < -0.4 is 9.47 Å². The second-order valence-corrected chi connectivity index (χ2v) is 5.21. The molecule has 1 atom stereocenters. The first-order valence-corrected chi connectivity index (χ1v) is 7.06. The van der Waals surface area contributed by atoms with E-state index in [4.69, 9.17) is 9.47 Å². The Bertz CT molecular complexity index is 703. The van der Waals surface area contributed by atoms with Crippen molar-refractivity contribution in [2.24, 2.45) is 0 Å². The van der Waals surface area contributed by atoms with E-state index in [2.05, 4.69) is 4.98 Å². The van der Waals surface area contributed by atoms with Crippen molar-refractivity contribution in [1.82, 2.24) is 4.98 Å². The van der Waals surface area contributed by atoms with Crippen molar-refractivity contribution in [3.63, 3.8) is 0 Å². The van der Waals surface area contributed by atoms with Crippen LogP contribution in [0, 0.1) is 18.3 Å². The third-order valence-corrected chi connectivity index (χ3v) is 3.98. The van der Waals surface area contributed by atoms with E-state index < -0.39 is 5.92 Å². The predicted octanol–water partition coefficient (Wildman–Crippen LogP) is 2.96. The van der Waals surface area contributed by atoms with Crippen molar-refractivity contribution in [3.05, 3.63) is 39.8 Å². The Labute approximate surface area is 126 Å². The largest absolute Gasteiger partial charge is 0.497 e. The first kappa shape index (κ1) is 15.0. The van der Waals surface area contributed by atoms with Crippen molar-refractivity contribution < 1.29 is 14.3 Å². The molecule has 21 heavy (non-hydrogen) atoms. The van der Waals surface area contributed by atoms with E-state index in [-0.39, 0.29) is 5.78 Å². The Morgan fingerprint density at radius 2 is 2.14 bits per heavy atom. The van der Waals surface area contributed by atoms with Gasteiger partial charge >= 0.3 is 0 Å². The highest BCUT2D eigenvalue weighted by Crippen LogP contribution is 2.30. The van der Waals surface area contributed by atoms with Crippen LogP contribution >= 0.6 is 11.3 Å². The summed E-state index contributed by atoms with van der Waals surface area (Å²) >= 11 is 1.31. The summed E-state index contributed by atoms with van der Waals surface area (Å²) in [6.07, 6.45) is 0. The number of ether oxygens (including phenoxy) is 2. The van der Waals surface area contributed by atoms with Crippen LogP contribution in [0.4, 0.5) is 0 Å². The molecule has 2 rings (SSSR count). The minimum atomic E-state index is -0.925. The molecule has 108 valence electrons. The number of rotatable bonds is 5. The summed E-state index contributed by atoms with van der Waals surface area (Å²) in [6.45, 7) is 1.83. The number of nitriles is 1. The number of nitrogens with zero attached hydrogens (tertiary/aromatic N) is 2. The molecule has 0 amide bonds. The number of benzene rings is 1. The van der Waals surface area contributed by atoms with E-state index in [0.29, 0.717) is 22.1 Å². The number of hydrogen-bond donors (Lipinski definition) is 0. The van der Waals surface area contributed by atoms with Gasteiger partial charge in [-0.1, -0.05) is 0 Å². The smallest absolute Gasteiger partial charge is 0.190 e. The number of aromatic nitrogens is 1. The van der Waals surface area contributed by atoms with Gasteiger partial charge in [-0.3, -0.25) is 4.79 Å². The molecule has 1 aromatic heterocycles. The van der Waals surface area contributed by atoms with Crippen LogP contribution in [0.5, 0.6) is 11.5 Å². The predicted molar refractivity (Wildman–Crippen MR) is 79.1 cm³/mol. The van der Waals surface area contributed by atoms with Gasteiger partial charge in [-0.25, -0.2) is 4.98 Å². The number of aryl methyl sites for hydroxylation is 1. The number of carbonyl (C=O) groups excluding carboxylic acids is 1. The summed E-state index contributed by atoms with van der Waals surface area (Å²) in [5.41, 5.74) is 1.14. The van der Waals surface area contributed by atoms with Gasteiger partial charge in [0.25, 0.3) is 0 Å². The molecule has 0 saturated carbocycles. The van der Waals surface area contributed by atoms with Crippen LogP contribution in [0.25, 0.3) is 0 Å². The molecule has 0 N–H and O–H groups in total. The fourth-order valence-corrected chi connectivity index (χ4v) is 2.72. The first-order chi connectivity index (χ1) is 10.1. The number of thiazole rings is 1. The van der Waals surface area contributed by atoms with E-state index in [1.807, 2.05) is 18.4 Å². The van der Waals surface area contributed by atoms with Crippen LogP contribution in [0.15, 0.2) is 23.6 Å². The maximum absolute atomic E-state index is 12.6. The molecule has 0 aliphatic heterocycles. The Morgan fingerprint density at radius 1 is 1.38 bits per heavy atom. The maximum Gasteiger partial charge on any atom is 0.190 e. The van der Waals surface area contributed by atoms with Gasteiger partial charge in [-0.15, -0.1) is 11.3 Å². The van der Waals surface area contributed by atoms with Crippen LogP contribution in [-0.4, -0.2) is 25.0 Å². The average Bonchev–Trinajstić information content (AvgIpc) is 2.93. The Balaban J connectivity index is 2.41. The number of hydrogen-bond acceptors (Lipinski definition) is 6. The number of ketones is 1. The number of Topliss-reactive ketones (excluding diaryl/α,β-unsaturated/α-hetero) is 1. The lowest BCUT2D eigenvalue weighted by Gasteiger charge is -2.11. The number of carbonyl (C=O) groups is 1. The second-order valence-electron chi connectivity index (χ2n) is 4.32. The molecule has 5 nitrogen and oxygen atoms in total. The summed E-state index contributed by atoms with van der Waals surface area (Å²) in [6, 6.07) is 6.91. The molecule has 0 aliphatic rings. The molecule has 0 unspecified atom stereocenters. The minimum Gasteiger partial charge on any atom is -0.497 e. The molecule has 0 saturated heterocycles. The SMILES string of the molecule is COc1ccc(C(=O)[C@H](C#N)c2nc(C)cs2)c(OC)c1. The summed E-state index contributed by atoms with van der Waals surface area (Å²) in [4.78, 5) is 16.8. The molecular formula is C15H14N2O3S. The van der Waals surface area contributed by atoms with Gasteiger partial charge in [0.2, 0.25) is 0 Å². The summed E-state index contributed by atoms with van der Waals surface area (Å²) in [5.74, 6) is -0.285. The highest BCUT2D eigenvalue weighted by atomic mass is 32.1. The lowest BCUT2D eigenvalue weighted by Crippen LogP contribution is -2.12. The average molecular weight is 302 g/mol. The molecule has 1 aromatic carbocycles. The third kappa shape index (κ3) is 3.03. The summed E-state index contributed by atoms with van der Waals surface area (Å²) in [7, 11) is 3.01. The normalized spacial score (nSPS) is 11.5. The highest BCUT2D eigenvalue weighted by Gasteiger charge is 2.27. The summed E-state index contributed by atoms with van der Waals surface area (Å²) < 4.78 is 10.3. The zero-order chi connectivity index (χ0) is 15.4. The van der Waals surface area contributed by atoms with E-state index in [0.717, 1.165) is 5.69 Å². The Kier molecular flexibility index (Phi) is 4.55. The van der Waals surface area contributed by atoms with E-state index in [1.165, 1.54) is 25.6 Å². The van der Waals surface area contributed by atoms with Crippen molar-refractivity contribution in [1.29, 1.82) is 5.26 Å². The number of methoxy groups -OCH3 is 2. The lowest BCUT2D eigenvalue weighted by atomic mass is 9.98. The van der Waals surface area contributed by atoms with Crippen molar-refractivity contribution >= 4 is 17.1 Å². The van der Waals surface area contributed by atoms with Gasteiger partial charge < -0.3 is 9.47 Å². The molecular weight excluding hydrogens is 288 g/mol. The summed E-state index contributed by atoms with van der Waals surface area (Å²) in [5, 5.41) is 11.6. The van der Waals surface area contributed by atoms with Crippen LogP contribution in [-0.2, 0) is 0 Å². The zero-order valence-corrected chi connectivity index (χ0v) is 12.7. The minimum absolute atomic E-state index is 0.327. The van der Waals surface area contributed by atoms with Crippen molar-refractivity contribution in [3.8, 4) is 17.6 Å². The van der Waals surface area contributed by atoms with Crippen molar-refractivity contribution in [2.75, 3.05) is 14.2 Å². The molecule has 0 aliphatic carbocycles. The van der Waals surface area contributed by atoms with Crippen molar-refractivity contribution in [2.45, 2.75) is 12.8 Å². The molecule has 0 fully saturated rings. The van der Waals surface area contributed by atoms with E-state index in [9.17, 15) is 10.1 Å². The topological polar surface area (TPSA) is 72.2 Å². The van der Waals surface area contributed by atoms with Gasteiger partial charge in [-0.2, -0.15) is 5.26 Å². The zero-order valence-electron chi connectivity index (χ0n) is 11.9. The molecule has 0 spiro atoms. The van der Waals surface area contributed by atoms with Gasteiger partial charge in [0.15, 0.2) is 11.7 Å². The first-order valence-electron chi connectivity index (χ1n) is 6.18. The molecule has 0 bridgehead atoms. The second kappa shape index (κ2) is 6.37. The van der Waals surface area contributed by atoms with Gasteiger partial charge in [0.1, 0.15) is 16.5 Å². The van der Waals surface area contributed by atoms with Crippen LogP contribution in [0.1, 0.15) is 27.0 Å². The van der Waals surface area contributed by atoms with Gasteiger partial charge in [0, 0.05) is 17.1 Å². The molecule has 0 radical (unpaired) electrons. The fraction of sp³-hybridized carbons (Fsp3) is 0.267. The van der Waals surface area contributed by atoms with E-state index in [1.54, 1.807) is 18.2 Å². The third-order valence-electron chi connectivity index (χ3n) is 2.95. The molecule has 2 aromatic rings. The standard InChI is InChI=1S/C15H14N2O3S/c1-9-8-21-15(17-9)12(7-16)14(18)11-5-4-10(19-2)6-13(11)20-3/h4-6,8,12H,1-3H3/t12-/m0/s1. The Morgan fingerprint density at radius 3 is 2.67 bits per heavy atom. The maximum atomic E-state index is 12.6. The Hall–Kier alpha value is -2.39. The molecule has 1 heterocycles. The van der Waals surface area contributed by atoms with Gasteiger partial charge in [-0.05, 0) is 19.1 Å². The monoisotopic (exact) mass is 302 g/mol. The van der Waals surface area contributed by atoms with E-state index >= 15 is 0 Å². The fourth-order valence-electron chi connectivity index (χ4n) is 1.89.